The quantitative estimate of drug-likeness (QED) is 0.825. The van der Waals surface area contributed by atoms with Crippen LogP contribution >= 0.6 is 0 Å². The number of halogens is 1. The van der Waals surface area contributed by atoms with E-state index in [1.807, 2.05) is 18.2 Å². The highest BCUT2D eigenvalue weighted by molar-refractivity contribution is 5.83. The van der Waals surface area contributed by atoms with Crippen molar-refractivity contribution >= 4 is 5.91 Å². The minimum absolute atomic E-state index is 0.00795. The third-order valence-electron chi connectivity index (χ3n) is 5.72. The Kier molecular flexibility index (Phi) is 5.23. The summed E-state index contributed by atoms with van der Waals surface area (Å²) >= 11 is 0. The van der Waals surface area contributed by atoms with Gasteiger partial charge in [-0.25, -0.2) is 4.39 Å². The first kappa shape index (κ1) is 18.1. The summed E-state index contributed by atoms with van der Waals surface area (Å²) in [5.41, 5.74) is 8.17. The lowest BCUT2D eigenvalue weighted by Crippen LogP contribution is -2.40. The lowest BCUT2D eigenvalue weighted by atomic mass is 9.89. The topological polar surface area (TPSA) is 58.4 Å². The maximum atomic E-state index is 13.4. The molecule has 5 heteroatoms. The highest BCUT2D eigenvalue weighted by Gasteiger charge is 2.40. The van der Waals surface area contributed by atoms with Gasteiger partial charge < -0.3 is 11.1 Å². The molecule has 2 aromatic carbocycles. The molecule has 1 heterocycles. The van der Waals surface area contributed by atoms with Crippen molar-refractivity contribution < 1.29 is 9.18 Å². The Labute approximate surface area is 159 Å². The number of nitrogens with two attached hydrogens (primary N) is 1. The first-order chi connectivity index (χ1) is 13.2. The number of carbonyl (C=O) groups excluding carboxylic acids is 1. The second kappa shape index (κ2) is 7.79. The maximum absolute atomic E-state index is 13.4. The van der Waals surface area contributed by atoms with E-state index in [1.54, 1.807) is 12.1 Å². The van der Waals surface area contributed by atoms with Gasteiger partial charge in [0.1, 0.15) is 11.9 Å². The third kappa shape index (κ3) is 4.04. The van der Waals surface area contributed by atoms with Crippen molar-refractivity contribution in [2.75, 3.05) is 19.6 Å². The molecule has 2 fully saturated rings. The number of hydrogen-bond acceptors (Lipinski definition) is 3. The summed E-state index contributed by atoms with van der Waals surface area (Å²) in [6.45, 7) is 2.11. The first-order valence-electron chi connectivity index (χ1n) is 9.70. The number of rotatable bonds is 6. The van der Waals surface area contributed by atoms with E-state index in [0.29, 0.717) is 24.4 Å². The van der Waals surface area contributed by atoms with Gasteiger partial charge in [0, 0.05) is 25.0 Å². The van der Waals surface area contributed by atoms with E-state index in [-0.39, 0.29) is 11.7 Å². The number of likely N-dealkylation sites (tertiary alicyclic amines) is 1. The molecular weight excluding hydrogens is 341 g/mol. The number of carbonyl (C=O) groups is 1. The van der Waals surface area contributed by atoms with Gasteiger partial charge in [0.15, 0.2) is 0 Å². The minimum atomic E-state index is -0.408. The molecule has 2 aliphatic rings. The summed E-state index contributed by atoms with van der Waals surface area (Å²) in [5.74, 6) is 0.314. The zero-order chi connectivity index (χ0) is 18.8. The van der Waals surface area contributed by atoms with Crippen LogP contribution in [-0.2, 0) is 4.79 Å². The largest absolute Gasteiger partial charge is 0.352 e. The Morgan fingerprint density at radius 1 is 1.11 bits per heavy atom. The molecule has 1 saturated heterocycles. The summed E-state index contributed by atoms with van der Waals surface area (Å²) in [7, 11) is 0. The third-order valence-corrected chi connectivity index (χ3v) is 5.72. The maximum Gasteiger partial charge on any atom is 0.242 e. The van der Waals surface area contributed by atoms with E-state index in [2.05, 4.69) is 22.3 Å². The molecule has 0 radical (unpaired) electrons. The predicted octanol–water partition coefficient (Wildman–Crippen LogP) is 2.82. The second-order valence-corrected chi connectivity index (χ2v) is 7.70. The minimum Gasteiger partial charge on any atom is -0.352 e. The lowest BCUT2D eigenvalue weighted by molar-refractivity contribution is -0.126. The second-order valence-electron chi connectivity index (χ2n) is 7.70. The van der Waals surface area contributed by atoms with Crippen LogP contribution in [0.5, 0.6) is 0 Å². The summed E-state index contributed by atoms with van der Waals surface area (Å²) in [4.78, 5) is 15.2. The van der Waals surface area contributed by atoms with Crippen molar-refractivity contribution in [3.8, 4) is 0 Å². The molecule has 0 bridgehead atoms. The molecule has 0 spiro atoms. The smallest absolute Gasteiger partial charge is 0.242 e. The molecule has 1 saturated carbocycles. The molecule has 27 heavy (non-hydrogen) atoms. The fourth-order valence-electron chi connectivity index (χ4n) is 4.11. The average Bonchev–Trinajstić information content (AvgIpc) is 3.40. The number of benzene rings is 2. The Morgan fingerprint density at radius 3 is 2.44 bits per heavy atom. The molecule has 1 amide bonds. The van der Waals surface area contributed by atoms with Crippen molar-refractivity contribution in [1.29, 1.82) is 0 Å². The van der Waals surface area contributed by atoms with E-state index < -0.39 is 6.04 Å². The molecule has 142 valence electrons. The van der Waals surface area contributed by atoms with Crippen LogP contribution in [0.15, 0.2) is 54.6 Å². The van der Waals surface area contributed by atoms with Crippen molar-refractivity contribution in [1.82, 2.24) is 10.2 Å². The van der Waals surface area contributed by atoms with Crippen molar-refractivity contribution in [3.63, 3.8) is 0 Å². The zero-order valence-electron chi connectivity index (χ0n) is 15.4. The average molecular weight is 367 g/mol. The Balaban J connectivity index is 1.61. The highest BCUT2D eigenvalue weighted by Crippen LogP contribution is 2.37. The highest BCUT2D eigenvalue weighted by atomic mass is 19.1. The molecule has 3 N–H and O–H groups in total. The molecular formula is C22H26FN3O. The van der Waals surface area contributed by atoms with E-state index in [9.17, 15) is 9.18 Å². The fourth-order valence-corrected chi connectivity index (χ4v) is 4.11. The van der Waals surface area contributed by atoms with Crippen LogP contribution in [0.1, 0.15) is 35.9 Å². The normalized spacial score (nSPS) is 23.9. The first-order valence-corrected chi connectivity index (χ1v) is 9.70. The van der Waals surface area contributed by atoms with Gasteiger partial charge in [-0.1, -0.05) is 42.5 Å². The van der Waals surface area contributed by atoms with Crippen molar-refractivity contribution in [2.24, 2.45) is 11.7 Å². The molecule has 2 aromatic rings. The van der Waals surface area contributed by atoms with Gasteiger partial charge in [-0.3, -0.25) is 9.69 Å². The Hall–Kier alpha value is -2.24. The van der Waals surface area contributed by atoms with Crippen LogP contribution in [0.25, 0.3) is 0 Å². The SMILES string of the molecule is NC[C@@H]1CN(C(C(=O)NC2CC2)c2ccc(F)cc2)C[C@H]1c1ccccc1. The van der Waals surface area contributed by atoms with Crippen LogP contribution in [0.2, 0.25) is 0 Å². The van der Waals surface area contributed by atoms with Crippen molar-refractivity contribution in [3.05, 3.63) is 71.5 Å². The lowest BCUT2D eigenvalue weighted by Gasteiger charge is -2.27. The zero-order valence-corrected chi connectivity index (χ0v) is 15.4. The number of hydrogen-bond donors (Lipinski definition) is 2. The van der Waals surface area contributed by atoms with Crippen LogP contribution < -0.4 is 11.1 Å². The molecule has 0 aromatic heterocycles. The van der Waals surface area contributed by atoms with Gasteiger partial charge in [0.05, 0.1) is 0 Å². The van der Waals surface area contributed by atoms with Gasteiger partial charge >= 0.3 is 0 Å². The molecule has 3 atom stereocenters. The molecule has 4 rings (SSSR count). The number of amides is 1. The standard InChI is InChI=1S/C22H26FN3O/c23-18-8-6-16(7-9-18)21(22(27)25-19-10-11-19)26-13-17(12-24)20(14-26)15-4-2-1-3-5-15/h1-9,17,19-21H,10-14,24H2,(H,25,27)/t17-,20+,21?/m1/s1. The van der Waals surface area contributed by atoms with E-state index in [4.69, 9.17) is 5.73 Å². The van der Waals surface area contributed by atoms with Gasteiger partial charge in [0.2, 0.25) is 5.91 Å². The summed E-state index contributed by atoms with van der Waals surface area (Å²) < 4.78 is 13.4. The van der Waals surface area contributed by atoms with Crippen LogP contribution in [-0.4, -0.2) is 36.5 Å². The van der Waals surface area contributed by atoms with Gasteiger partial charge in [-0.15, -0.1) is 0 Å². The van der Waals surface area contributed by atoms with Crippen LogP contribution in [0.4, 0.5) is 4.39 Å². The van der Waals surface area contributed by atoms with Crippen molar-refractivity contribution in [2.45, 2.75) is 30.8 Å². The van der Waals surface area contributed by atoms with Gasteiger partial charge in [0.25, 0.3) is 0 Å². The van der Waals surface area contributed by atoms with Crippen LogP contribution in [0.3, 0.4) is 0 Å². The number of nitrogens with one attached hydrogen (secondary N) is 1. The fraction of sp³-hybridized carbons (Fsp3) is 0.409. The predicted molar refractivity (Wildman–Crippen MR) is 104 cm³/mol. The Bertz CT molecular complexity index is 776. The molecule has 1 aliphatic heterocycles. The Morgan fingerprint density at radius 2 is 1.81 bits per heavy atom. The van der Waals surface area contributed by atoms with Gasteiger partial charge in [-0.2, -0.15) is 0 Å². The summed E-state index contributed by atoms with van der Waals surface area (Å²) in [6, 6.07) is 16.5. The molecule has 1 aliphatic carbocycles. The van der Waals surface area contributed by atoms with E-state index >= 15 is 0 Å². The van der Waals surface area contributed by atoms with E-state index in [1.165, 1.54) is 17.7 Å². The van der Waals surface area contributed by atoms with Gasteiger partial charge in [-0.05, 0) is 48.6 Å². The summed E-state index contributed by atoms with van der Waals surface area (Å²) in [5, 5.41) is 3.13. The molecule has 4 nitrogen and oxygen atoms in total. The van der Waals surface area contributed by atoms with Crippen LogP contribution in [0, 0.1) is 11.7 Å². The number of nitrogens with zero attached hydrogens (tertiary/aromatic N) is 1. The summed E-state index contributed by atoms with van der Waals surface area (Å²) in [6.07, 6.45) is 2.08. The van der Waals surface area contributed by atoms with E-state index in [0.717, 1.165) is 31.5 Å². The monoisotopic (exact) mass is 367 g/mol. The molecule has 1 unspecified atom stereocenters.